The molecule has 1 unspecified atom stereocenters. The number of thioether (sulfide) groups is 1. The second-order valence-corrected chi connectivity index (χ2v) is 7.90. The summed E-state index contributed by atoms with van der Waals surface area (Å²) in [5.41, 5.74) is -0.420. The Morgan fingerprint density at radius 3 is 2.69 bits per heavy atom. The van der Waals surface area contributed by atoms with Gasteiger partial charge in [0, 0.05) is 17.8 Å². The predicted molar refractivity (Wildman–Crippen MR) is 99.0 cm³/mol. The number of rotatable bonds is 6. The number of anilines is 1. The number of aliphatic imine (C=N–C) groups is 1. The van der Waals surface area contributed by atoms with Crippen molar-refractivity contribution >= 4 is 29.3 Å². The number of carbonyl (C=O) groups is 1. The molecule has 0 spiro atoms. The molecule has 0 saturated carbocycles. The van der Waals surface area contributed by atoms with Gasteiger partial charge in [-0.05, 0) is 44.6 Å². The number of hydrogen-bond acceptors (Lipinski definition) is 3. The summed E-state index contributed by atoms with van der Waals surface area (Å²) in [4.78, 5) is 16.1. The maximum absolute atomic E-state index is 13.6. The lowest BCUT2D eigenvalue weighted by Gasteiger charge is -2.24. The van der Waals surface area contributed by atoms with E-state index in [1.165, 1.54) is 6.42 Å². The molecule has 1 aromatic rings. The van der Waals surface area contributed by atoms with Crippen molar-refractivity contribution in [3.05, 3.63) is 29.6 Å². The van der Waals surface area contributed by atoms with Crippen molar-refractivity contribution in [3.8, 4) is 0 Å². The lowest BCUT2D eigenvalue weighted by molar-refractivity contribution is -0.114. The maximum atomic E-state index is 13.6. The molecule has 0 aromatic heterocycles. The summed E-state index contributed by atoms with van der Waals surface area (Å²) in [6.07, 6.45) is 2.29. The van der Waals surface area contributed by atoms with E-state index in [9.17, 15) is 18.0 Å². The van der Waals surface area contributed by atoms with Crippen molar-refractivity contribution in [1.82, 2.24) is 10.6 Å². The lowest BCUT2D eigenvalue weighted by Crippen LogP contribution is -2.44. The normalized spacial score (nSPS) is 20.1. The van der Waals surface area contributed by atoms with Crippen LogP contribution in [0.1, 0.15) is 26.7 Å². The molecular weight excluding hydrogens is 365 g/mol. The second kappa shape index (κ2) is 9.16. The van der Waals surface area contributed by atoms with Crippen LogP contribution in [0.3, 0.4) is 0 Å². The Hall–Kier alpha value is -1.90. The molecule has 1 aliphatic heterocycles. The van der Waals surface area contributed by atoms with E-state index < -0.39 is 29.0 Å². The van der Waals surface area contributed by atoms with Crippen LogP contribution in [0.15, 0.2) is 17.1 Å². The van der Waals surface area contributed by atoms with Gasteiger partial charge in [0.25, 0.3) is 0 Å². The zero-order valence-electron chi connectivity index (χ0n) is 14.8. The quantitative estimate of drug-likeness (QED) is 0.398. The third kappa shape index (κ3) is 5.55. The number of nitrogens with one attached hydrogen (secondary N) is 3. The van der Waals surface area contributed by atoms with Crippen LogP contribution in [0.5, 0.6) is 0 Å². The van der Waals surface area contributed by atoms with E-state index in [1.807, 2.05) is 18.7 Å². The van der Waals surface area contributed by atoms with E-state index in [-0.39, 0.29) is 11.3 Å². The summed E-state index contributed by atoms with van der Waals surface area (Å²) < 4.78 is 39.8. The first-order valence-electron chi connectivity index (χ1n) is 8.44. The van der Waals surface area contributed by atoms with E-state index in [4.69, 9.17) is 0 Å². The number of guanidine groups is 1. The van der Waals surface area contributed by atoms with Crippen LogP contribution in [0.2, 0.25) is 0 Å². The molecule has 1 atom stereocenters. The molecule has 1 saturated heterocycles. The van der Waals surface area contributed by atoms with Crippen LogP contribution >= 0.6 is 11.8 Å². The van der Waals surface area contributed by atoms with Crippen LogP contribution in [0.25, 0.3) is 0 Å². The first-order chi connectivity index (χ1) is 12.3. The van der Waals surface area contributed by atoms with Crippen molar-refractivity contribution in [3.63, 3.8) is 0 Å². The van der Waals surface area contributed by atoms with Crippen molar-refractivity contribution in [2.45, 2.75) is 31.4 Å². The largest absolute Gasteiger partial charge is 0.357 e. The minimum atomic E-state index is -1.62. The maximum Gasteiger partial charge on any atom is 0.246 e. The van der Waals surface area contributed by atoms with Crippen LogP contribution in [-0.2, 0) is 4.79 Å². The average Bonchev–Trinajstić information content (AvgIpc) is 3.05. The SMILES string of the molecule is CCNC(=NCC(=O)Nc1ccc(F)c(F)c1F)NCC1(C)CCCS1. The lowest BCUT2D eigenvalue weighted by atomic mass is 10.1. The second-order valence-electron chi connectivity index (χ2n) is 6.22. The molecule has 26 heavy (non-hydrogen) atoms. The molecule has 1 aliphatic rings. The molecule has 0 aliphatic carbocycles. The fraction of sp³-hybridized carbons (Fsp3) is 0.529. The zero-order valence-corrected chi connectivity index (χ0v) is 15.6. The first-order valence-corrected chi connectivity index (χ1v) is 9.42. The molecule has 2 rings (SSSR count). The molecule has 1 aromatic carbocycles. The van der Waals surface area contributed by atoms with Gasteiger partial charge in [0.05, 0.1) is 5.69 Å². The van der Waals surface area contributed by atoms with Gasteiger partial charge in [0.2, 0.25) is 5.91 Å². The molecule has 9 heteroatoms. The number of benzene rings is 1. The Balaban J connectivity index is 1.93. The standard InChI is InChI=1S/C17H23F3N4OS/c1-3-21-16(23-10-17(2)7-4-8-26-17)22-9-13(25)24-12-6-5-11(18)14(19)15(12)20/h5-6H,3-4,7-10H2,1-2H3,(H,24,25)(H2,21,22,23). The highest BCUT2D eigenvalue weighted by Gasteiger charge is 2.29. The van der Waals surface area contributed by atoms with Crippen molar-refractivity contribution in [1.29, 1.82) is 0 Å². The number of amides is 1. The molecule has 3 N–H and O–H groups in total. The summed E-state index contributed by atoms with van der Waals surface area (Å²) in [6.45, 7) is 5.13. The summed E-state index contributed by atoms with van der Waals surface area (Å²) in [5, 5.41) is 8.43. The first kappa shape index (κ1) is 20.4. The molecule has 144 valence electrons. The average molecular weight is 388 g/mol. The van der Waals surface area contributed by atoms with Gasteiger partial charge in [0.1, 0.15) is 6.54 Å². The van der Waals surface area contributed by atoms with Crippen LogP contribution in [0.4, 0.5) is 18.9 Å². The summed E-state index contributed by atoms with van der Waals surface area (Å²) >= 11 is 1.90. The topological polar surface area (TPSA) is 65.5 Å². The van der Waals surface area contributed by atoms with E-state index in [2.05, 4.69) is 27.9 Å². The summed E-state index contributed by atoms with van der Waals surface area (Å²) in [7, 11) is 0. The Labute approximate surface area is 155 Å². The van der Waals surface area contributed by atoms with Gasteiger partial charge >= 0.3 is 0 Å². The summed E-state index contributed by atoms with van der Waals surface area (Å²) in [5.74, 6) is -3.39. The fourth-order valence-electron chi connectivity index (χ4n) is 2.55. The molecular formula is C17H23F3N4OS. The number of carbonyl (C=O) groups excluding carboxylic acids is 1. The van der Waals surface area contributed by atoms with Crippen LogP contribution in [0, 0.1) is 17.5 Å². The highest BCUT2D eigenvalue weighted by Crippen LogP contribution is 2.36. The molecule has 1 fully saturated rings. The summed E-state index contributed by atoms with van der Waals surface area (Å²) in [6, 6.07) is 1.72. The molecule has 1 amide bonds. The van der Waals surface area contributed by atoms with Crippen LogP contribution in [-0.4, -0.2) is 42.0 Å². The van der Waals surface area contributed by atoms with Gasteiger partial charge in [-0.2, -0.15) is 11.8 Å². The Morgan fingerprint density at radius 2 is 2.04 bits per heavy atom. The number of nitrogens with zero attached hydrogens (tertiary/aromatic N) is 1. The van der Waals surface area contributed by atoms with Gasteiger partial charge < -0.3 is 16.0 Å². The van der Waals surface area contributed by atoms with E-state index in [1.54, 1.807) is 0 Å². The molecule has 5 nitrogen and oxygen atoms in total. The van der Waals surface area contributed by atoms with E-state index in [0.717, 1.165) is 24.3 Å². The highest BCUT2D eigenvalue weighted by molar-refractivity contribution is 8.00. The molecule has 0 bridgehead atoms. The number of hydrogen-bond donors (Lipinski definition) is 3. The van der Waals surface area contributed by atoms with Crippen LogP contribution < -0.4 is 16.0 Å². The van der Waals surface area contributed by atoms with Gasteiger partial charge in [-0.3, -0.25) is 4.79 Å². The van der Waals surface area contributed by atoms with Gasteiger partial charge in [-0.1, -0.05) is 0 Å². The van der Waals surface area contributed by atoms with Gasteiger partial charge in [0.15, 0.2) is 23.4 Å². The third-order valence-corrected chi connectivity index (χ3v) is 5.50. The minimum Gasteiger partial charge on any atom is -0.357 e. The van der Waals surface area contributed by atoms with Crippen molar-refractivity contribution in [2.75, 3.05) is 30.7 Å². The molecule has 1 heterocycles. The highest BCUT2D eigenvalue weighted by atomic mass is 32.2. The monoisotopic (exact) mass is 388 g/mol. The van der Waals surface area contributed by atoms with E-state index in [0.29, 0.717) is 19.0 Å². The Bertz CT molecular complexity index is 678. The molecule has 0 radical (unpaired) electrons. The van der Waals surface area contributed by atoms with Crippen molar-refractivity contribution in [2.24, 2.45) is 4.99 Å². The Morgan fingerprint density at radius 1 is 1.27 bits per heavy atom. The number of halogens is 3. The minimum absolute atomic E-state index is 0.132. The Kier molecular flexibility index (Phi) is 7.19. The fourth-order valence-corrected chi connectivity index (χ4v) is 3.80. The predicted octanol–water partition coefficient (Wildman–Crippen LogP) is 2.88. The third-order valence-electron chi connectivity index (χ3n) is 3.96. The van der Waals surface area contributed by atoms with Gasteiger partial charge in [-0.15, -0.1) is 0 Å². The van der Waals surface area contributed by atoms with E-state index >= 15 is 0 Å². The van der Waals surface area contributed by atoms with Crippen molar-refractivity contribution < 1.29 is 18.0 Å². The zero-order chi connectivity index (χ0) is 19.2. The van der Waals surface area contributed by atoms with Gasteiger partial charge in [-0.25, -0.2) is 18.2 Å². The smallest absolute Gasteiger partial charge is 0.246 e.